The molecule has 0 saturated carbocycles. The van der Waals surface area contributed by atoms with Gasteiger partial charge in [-0.05, 0) is 12.1 Å². The van der Waals surface area contributed by atoms with Crippen molar-refractivity contribution in [3.8, 4) is 5.75 Å². The van der Waals surface area contributed by atoms with Gasteiger partial charge < -0.3 is 14.0 Å². The summed E-state index contributed by atoms with van der Waals surface area (Å²) in [5, 5.41) is 0. The third kappa shape index (κ3) is 2.85. The molecule has 104 valence electrons. The second kappa shape index (κ2) is 6.01. The molecule has 20 heavy (non-hydrogen) atoms. The number of hydrogen-bond acceptors (Lipinski definition) is 5. The van der Waals surface area contributed by atoms with Crippen LogP contribution in [0.5, 0.6) is 5.75 Å². The molecule has 0 unspecified atom stereocenters. The SMILES string of the molecule is COC(=O)c1ccc(Cn2cnc(C=O)c2)c(OC)c1. The summed E-state index contributed by atoms with van der Waals surface area (Å²) in [6.45, 7) is 0.492. The summed E-state index contributed by atoms with van der Waals surface area (Å²) in [4.78, 5) is 26.0. The van der Waals surface area contributed by atoms with Gasteiger partial charge in [-0.15, -0.1) is 0 Å². The number of ether oxygens (including phenoxy) is 2. The average molecular weight is 274 g/mol. The van der Waals surface area contributed by atoms with Crippen LogP contribution in [0.3, 0.4) is 0 Å². The monoisotopic (exact) mass is 274 g/mol. The van der Waals surface area contributed by atoms with Gasteiger partial charge in [0, 0.05) is 11.8 Å². The van der Waals surface area contributed by atoms with Crippen LogP contribution in [0.25, 0.3) is 0 Å². The highest BCUT2D eigenvalue weighted by Crippen LogP contribution is 2.21. The third-order valence-corrected chi connectivity index (χ3v) is 2.84. The highest BCUT2D eigenvalue weighted by Gasteiger charge is 2.11. The maximum absolute atomic E-state index is 11.5. The summed E-state index contributed by atoms with van der Waals surface area (Å²) in [5.74, 6) is 0.162. The van der Waals surface area contributed by atoms with E-state index in [0.717, 1.165) is 5.56 Å². The Kier molecular flexibility index (Phi) is 4.14. The molecule has 0 bridgehead atoms. The van der Waals surface area contributed by atoms with Crippen LogP contribution in [-0.2, 0) is 11.3 Å². The van der Waals surface area contributed by atoms with Crippen molar-refractivity contribution in [3.05, 3.63) is 47.5 Å². The second-order valence-electron chi connectivity index (χ2n) is 4.11. The lowest BCUT2D eigenvalue weighted by molar-refractivity contribution is 0.0600. The summed E-state index contributed by atoms with van der Waals surface area (Å²) in [5.41, 5.74) is 1.66. The zero-order chi connectivity index (χ0) is 14.5. The Morgan fingerprint density at radius 2 is 2.20 bits per heavy atom. The van der Waals surface area contributed by atoms with Gasteiger partial charge in [-0.3, -0.25) is 4.79 Å². The molecular formula is C14H14N2O4. The number of carbonyl (C=O) groups excluding carboxylic acids is 2. The molecule has 0 amide bonds. The number of carbonyl (C=O) groups is 2. The van der Waals surface area contributed by atoms with Gasteiger partial charge in [0.2, 0.25) is 0 Å². The molecular weight excluding hydrogens is 260 g/mol. The second-order valence-corrected chi connectivity index (χ2v) is 4.11. The minimum Gasteiger partial charge on any atom is -0.496 e. The van der Waals surface area contributed by atoms with Gasteiger partial charge in [0.25, 0.3) is 0 Å². The first-order valence-electron chi connectivity index (χ1n) is 5.90. The van der Waals surface area contributed by atoms with E-state index >= 15 is 0 Å². The van der Waals surface area contributed by atoms with Crippen LogP contribution in [0.4, 0.5) is 0 Å². The largest absolute Gasteiger partial charge is 0.496 e. The van der Waals surface area contributed by atoms with E-state index in [0.29, 0.717) is 29.8 Å². The molecule has 1 aromatic heterocycles. The lowest BCUT2D eigenvalue weighted by Gasteiger charge is -2.10. The molecule has 1 heterocycles. The van der Waals surface area contributed by atoms with Gasteiger partial charge in [-0.1, -0.05) is 6.07 Å². The quantitative estimate of drug-likeness (QED) is 0.611. The molecule has 0 atom stereocenters. The molecule has 6 heteroatoms. The van der Waals surface area contributed by atoms with Crippen LogP contribution in [0.1, 0.15) is 26.4 Å². The van der Waals surface area contributed by atoms with E-state index < -0.39 is 5.97 Å². The van der Waals surface area contributed by atoms with E-state index in [9.17, 15) is 9.59 Å². The van der Waals surface area contributed by atoms with E-state index in [1.807, 2.05) is 0 Å². The van der Waals surface area contributed by atoms with Crippen LogP contribution >= 0.6 is 0 Å². The van der Waals surface area contributed by atoms with Gasteiger partial charge in [-0.25, -0.2) is 9.78 Å². The Labute approximate surface area is 116 Å². The number of nitrogens with zero attached hydrogens (tertiary/aromatic N) is 2. The van der Waals surface area contributed by atoms with Crippen molar-refractivity contribution < 1.29 is 19.1 Å². The van der Waals surface area contributed by atoms with Gasteiger partial charge in [-0.2, -0.15) is 0 Å². The van der Waals surface area contributed by atoms with Crippen molar-refractivity contribution in [2.45, 2.75) is 6.54 Å². The Morgan fingerprint density at radius 1 is 1.40 bits per heavy atom. The number of imidazole rings is 1. The summed E-state index contributed by atoms with van der Waals surface area (Å²) in [6.07, 6.45) is 3.89. The third-order valence-electron chi connectivity index (χ3n) is 2.84. The van der Waals surface area contributed by atoms with Crippen molar-refractivity contribution in [2.24, 2.45) is 0 Å². The number of hydrogen-bond donors (Lipinski definition) is 0. The van der Waals surface area contributed by atoms with Crippen LogP contribution in [0.2, 0.25) is 0 Å². The van der Waals surface area contributed by atoms with E-state index in [-0.39, 0.29) is 0 Å². The maximum Gasteiger partial charge on any atom is 0.337 e. The summed E-state index contributed by atoms with van der Waals surface area (Å²) < 4.78 is 11.7. The molecule has 0 aliphatic rings. The fraction of sp³-hybridized carbons (Fsp3) is 0.214. The Bertz CT molecular complexity index is 634. The summed E-state index contributed by atoms with van der Waals surface area (Å²) in [6, 6.07) is 5.08. The number of aromatic nitrogens is 2. The van der Waals surface area contributed by atoms with E-state index in [1.54, 1.807) is 35.3 Å². The molecule has 0 N–H and O–H groups in total. The highest BCUT2D eigenvalue weighted by molar-refractivity contribution is 5.89. The zero-order valence-corrected chi connectivity index (χ0v) is 11.2. The molecule has 0 fully saturated rings. The summed E-state index contributed by atoms with van der Waals surface area (Å²) >= 11 is 0. The van der Waals surface area contributed by atoms with Crippen LogP contribution < -0.4 is 4.74 Å². The van der Waals surface area contributed by atoms with E-state index in [1.165, 1.54) is 14.2 Å². The Balaban J connectivity index is 2.27. The molecule has 0 radical (unpaired) electrons. The number of methoxy groups -OCH3 is 2. The molecule has 2 rings (SSSR count). The maximum atomic E-state index is 11.5. The van der Waals surface area contributed by atoms with Gasteiger partial charge in [0.15, 0.2) is 6.29 Å². The molecule has 0 aliphatic heterocycles. The van der Waals surface area contributed by atoms with Crippen molar-refractivity contribution in [2.75, 3.05) is 14.2 Å². The fourth-order valence-electron chi connectivity index (χ4n) is 1.84. The minimum atomic E-state index is -0.416. The molecule has 1 aromatic carbocycles. The highest BCUT2D eigenvalue weighted by atomic mass is 16.5. The normalized spacial score (nSPS) is 10.1. The number of benzene rings is 1. The smallest absolute Gasteiger partial charge is 0.337 e. The lowest BCUT2D eigenvalue weighted by atomic mass is 10.1. The predicted molar refractivity (Wildman–Crippen MR) is 71.1 cm³/mol. The van der Waals surface area contributed by atoms with Crippen LogP contribution in [0, 0.1) is 0 Å². The zero-order valence-electron chi connectivity index (χ0n) is 11.2. The molecule has 0 saturated heterocycles. The van der Waals surface area contributed by atoms with Crippen molar-refractivity contribution >= 4 is 12.3 Å². The van der Waals surface area contributed by atoms with E-state index in [2.05, 4.69) is 9.72 Å². The first-order valence-corrected chi connectivity index (χ1v) is 5.90. The first kappa shape index (κ1) is 13.8. The Hall–Kier alpha value is -2.63. The van der Waals surface area contributed by atoms with Gasteiger partial charge >= 0.3 is 5.97 Å². The lowest BCUT2D eigenvalue weighted by Crippen LogP contribution is -2.04. The van der Waals surface area contributed by atoms with Crippen LogP contribution in [-0.4, -0.2) is 36.0 Å². The molecule has 6 nitrogen and oxygen atoms in total. The molecule has 2 aromatic rings. The minimum absolute atomic E-state index is 0.371. The van der Waals surface area contributed by atoms with Crippen LogP contribution in [0.15, 0.2) is 30.7 Å². The standard InChI is InChI=1S/C14H14N2O4/c1-19-13-5-10(14(18)20-2)3-4-11(13)6-16-7-12(8-17)15-9-16/h3-5,7-9H,6H2,1-2H3. The molecule has 0 aliphatic carbocycles. The van der Waals surface area contributed by atoms with E-state index in [4.69, 9.17) is 4.74 Å². The van der Waals surface area contributed by atoms with Gasteiger partial charge in [0.05, 0.1) is 32.7 Å². The average Bonchev–Trinajstić information content (AvgIpc) is 2.94. The van der Waals surface area contributed by atoms with Crippen molar-refractivity contribution in [3.63, 3.8) is 0 Å². The summed E-state index contributed by atoms with van der Waals surface area (Å²) in [7, 11) is 2.86. The van der Waals surface area contributed by atoms with Crippen molar-refractivity contribution in [1.29, 1.82) is 0 Å². The first-order chi connectivity index (χ1) is 9.67. The Morgan fingerprint density at radius 3 is 2.80 bits per heavy atom. The fourth-order valence-corrected chi connectivity index (χ4v) is 1.84. The predicted octanol–water partition coefficient (Wildman–Crippen LogP) is 1.54. The number of esters is 1. The van der Waals surface area contributed by atoms with Crippen molar-refractivity contribution in [1.82, 2.24) is 9.55 Å². The molecule has 0 spiro atoms. The van der Waals surface area contributed by atoms with Gasteiger partial charge in [0.1, 0.15) is 11.4 Å². The number of rotatable bonds is 5. The topological polar surface area (TPSA) is 70.4 Å². The number of aldehydes is 1.